The van der Waals surface area contributed by atoms with E-state index in [1.54, 1.807) is 25.1 Å². The molecule has 22 heavy (non-hydrogen) atoms. The summed E-state index contributed by atoms with van der Waals surface area (Å²) in [6, 6.07) is 5.49. The molecule has 1 rings (SSSR count). The molecule has 0 saturated heterocycles. The highest BCUT2D eigenvalue weighted by Crippen LogP contribution is 2.16. The molecule has 2 atom stereocenters. The molecule has 0 spiro atoms. The van der Waals surface area contributed by atoms with Crippen molar-refractivity contribution >= 4 is 29.4 Å². The van der Waals surface area contributed by atoms with Crippen molar-refractivity contribution in [1.29, 1.82) is 0 Å². The average Bonchev–Trinajstić information content (AvgIpc) is 2.52. The van der Waals surface area contributed by atoms with Crippen LogP contribution in [0.4, 0.5) is 0 Å². The van der Waals surface area contributed by atoms with E-state index in [4.69, 9.17) is 11.6 Å². The summed E-state index contributed by atoms with van der Waals surface area (Å²) in [7, 11) is 2.47. The molecule has 1 amide bonds. The van der Waals surface area contributed by atoms with Gasteiger partial charge in [0.15, 0.2) is 0 Å². The number of halogens is 1. The molecule has 6 nitrogen and oxygen atoms in total. The molecule has 0 aliphatic heterocycles. The molecule has 0 fully saturated rings. The first kappa shape index (κ1) is 18.0. The molecule has 0 aromatic heterocycles. The summed E-state index contributed by atoms with van der Waals surface area (Å²) in [5, 5.41) is 2.80. The van der Waals surface area contributed by atoms with Gasteiger partial charge in [-0.2, -0.15) is 0 Å². The molecule has 7 heteroatoms. The first-order valence-electron chi connectivity index (χ1n) is 6.61. The zero-order valence-corrected chi connectivity index (χ0v) is 13.3. The van der Waals surface area contributed by atoms with Gasteiger partial charge >= 0.3 is 11.9 Å². The van der Waals surface area contributed by atoms with Crippen LogP contribution in [0.2, 0.25) is 5.02 Å². The molecular weight excluding hydrogens is 310 g/mol. The van der Waals surface area contributed by atoms with E-state index in [0.29, 0.717) is 0 Å². The second kappa shape index (κ2) is 8.38. The van der Waals surface area contributed by atoms with E-state index in [1.165, 1.54) is 20.3 Å². The Kier molecular flexibility index (Phi) is 6.85. The maximum atomic E-state index is 12.2. The predicted molar refractivity (Wildman–Crippen MR) is 80.5 cm³/mol. The van der Waals surface area contributed by atoms with Gasteiger partial charge in [0.25, 0.3) is 5.91 Å². The zero-order valence-electron chi connectivity index (χ0n) is 12.6. The molecule has 1 N–H and O–H groups in total. The van der Waals surface area contributed by atoms with Crippen molar-refractivity contribution in [1.82, 2.24) is 5.32 Å². The number of hydrogen-bond donors (Lipinski definition) is 1. The summed E-state index contributed by atoms with van der Waals surface area (Å²) in [5.74, 6) is -2.20. The highest BCUT2D eigenvalue weighted by atomic mass is 35.5. The van der Waals surface area contributed by atoms with Gasteiger partial charge in [-0.05, 0) is 18.6 Å². The predicted octanol–water partition coefficient (Wildman–Crippen LogP) is 1.81. The van der Waals surface area contributed by atoms with Crippen LogP contribution >= 0.6 is 11.6 Å². The van der Waals surface area contributed by atoms with E-state index in [2.05, 4.69) is 14.8 Å². The van der Waals surface area contributed by atoms with Crippen LogP contribution in [0.25, 0.3) is 0 Å². The maximum absolute atomic E-state index is 12.2. The van der Waals surface area contributed by atoms with Crippen molar-refractivity contribution in [3.63, 3.8) is 0 Å². The molecule has 0 unspecified atom stereocenters. The molecule has 0 aliphatic rings. The minimum absolute atomic E-state index is 0.0650. The normalized spacial score (nSPS) is 12.9. The number of carbonyl (C=O) groups excluding carboxylic acids is 3. The monoisotopic (exact) mass is 327 g/mol. The molecule has 1 aromatic rings. The van der Waals surface area contributed by atoms with Crippen LogP contribution in [0.3, 0.4) is 0 Å². The lowest BCUT2D eigenvalue weighted by molar-refractivity contribution is -0.147. The SMILES string of the molecule is COC(=O)[C@H](C[C@H](C)C(=O)OC)NC(=O)c1ccccc1Cl. The first-order valence-corrected chi connectivity index (χ1v) is 6.99. The first-order chi connectivity index (χ1) is 10.4. The third-order valence-electron chi connectivity index (χ3n) is 3.10. The van der Waals surface area contributed by atoms with Gasteiger partial charge in [-0.1, -0.05) is 30.7 Å². The van der Waals surface area contributed by atoms with Crippen molar-refractivity contribution in [3.8, 4) is 0 Å². The van der Waals surface area contributed by atoms with Gasteiger partial charge in [0.05, 0.1) is 30.7 Å². The van der Waals surface area contributed by atoms with E-state index in [1.807, 2.05) is 0 Å². The Morgan fingerprint density at radius 1 is 1.14 bits per heavy atom. The van der Waals surface area contributed by atoms with Crippen LogP contribution < -0.4 is 5.32 Å². The van der Waals surface area contributed by atoms with Crippen LogP contribution in [-0.2, 0) is 19.1 Å². The second-order valence-electron chi connectivity index (χ2n) is 4.69. The van der Waals surface area contributed by atoms with Gasteiger partial charge in [0.2, 0.25) is 0 Å². The highest BCUT2D eigenvalue weighted by molar-refractivity contribution is 6.33. The Morgan fingerprint density at radius 3 is 2.27 bits per heavy atom. The number of rotatable bonds is 6. The number of carbonyl (C=O) groups is 3. The van der Waals surface area contributed by atoms with Crippen LogP contribution in [0, 0.1) is 5.92 Å². The van der Waals surface area contributed by atoms with Gasteiger partial charge in [-0.3, -0.25) is 9.59 Å². The molecule has 0 saturated carbocycles. The van der Waals surface area contributed by atoms with E-state index in [9.17, 15) is 14.4 Å². The Morgan fingerprint density at radius 2 is 1.73 bits per heavy atom. The van der Waals surface area contributed by atoms with E-state index in [-0.39, 0.29) is 17.0 Å². The number of esters is 2. The van der Waals surface area contributed by atoms with Crippen LogP contribution in [0.15, 0.2) is 24.3 Å². The van der Waals surface area contributed by atoms with Crippen molar-refractivity contribution in [2.45, 2.75) is 19.4 Å². The summed E-state index contributed by atoms with van der Waals surface area (Å²) in [5.41, 5.74) is 0.240. The van der Waals surface area contributed by atoms with Crippen LogP contribution in [0.1, 0.15) is 23.7 Å². The van der Waals surface area contributed by atoms with Gasteiger partial charge in [0, 0.05) is 0 Å². The summed E-state index contributed by atoms with van der Waals surface area (Å²) >= 11 is 5.94. The van der Waals surface area contributed by atoms with Crippen molar-refractivity contribution in [2.75, 3.05) is 14.2 Å². The van der Waals surface area contributed by atoms with Gasteiger partial charge in [0.1, 0.15) is 6.04 Å². The third-order valence-corrected chi connectivity index (χ3v) is 3.43. The topological polar surface area (TPSA) is 81.7 Å². The van der Waals surface area contributed by atoms with Crippen molar-refractivity contribution in [3.05, 3.63) is 34.9 Å². The quantitative estimate of drug-likeness (QED) is 0.806. The zero-order chi connectivity index (χ0) is 16.7. The largest absolute Gasteiger partial charge is 0.469 e. The number of nitrogens with one attached hydrogen (secondary N) is 1. The fourth-order valence-corrected chi connectivity index (χ4v) is 2.11. The van der Waals surface area contributed by atoms with E-state index < -0.39 is 29.8 Å². The number of methoxy groups -OCH3 is 2. The summed E-state index contributed by atoms with van der Waals surface area (Å²) < 4.78 is 9.26. The molecule has 120 valence electrons. The standard InChI is InChI=1S/C15H18ClNO5/c1-9(14(19)21-2)8-12(15(20)22-3)17-13(18)10-6-4-5-7-11(10)16/h4-7,9,12H,8H2,1-3H3,(H,17,18)/t9-,12-/m0/s1. The molecule has 0 aliphatic carbocycles. The van der Waals surface area contributed by atoms with Crippen molar-refractivity contribution in [2.24, 2.45) is 5.92 Å². The van der Waals surface area contributed by atoms with E-state index >= 15 is 0 Å². The van der Waals surface area contributed by atoms with E-state index in [0.717, 1.165) is 0 Å². The molecule has 1 aromatic carbocycles. The minimum Gasteiger partial charge on any atom is -0.469 e. The highest BCUT2D eigenvalue weighted by Gasteiger charge is 2.28. The molecule has 0 heterocycles. The van der Waals surface area contributed by atoms with Gasteiger partial charge in [-0.25, -0.2) is 4.79 Å². The third kappa shape index (κ3) is 4.73. The van der Waals surface area contributed by atoms with Gasteiger partial charge < -0.3 is 14.8 Å². The van der Waals surface area contributed by atoms with Gasteiger partial charge in [-0.15, -0.1) is 0 Å². The minimum atomic E-state index is -0.970. The lowest BCUT2D eigenvalue weighted by Gasteiger charge is -2.19. The summed E-state index contributed by atoms with van der Waals surface area (Å²) in [4.78, 5) is 35.4. The summed E-state index contributed by atoms with van der Waals surface area (Å²) in [6.45, 7) is 1.60. The Hall–Kier alpha value is -2.08. The number of benzene rings is 1. The Labute approximate surface area is 133 Å². The second-order valence-corrected chi connectivity index (χ2v) is 5.10. The molecule has 0 bridgehead atoms. The number of amides is 1. The molecule has 0 radical (unpaired) electrons. The molecular formula is C15H18ClNO5. The number of ether oxygens (including phenoxy) is 2. The summed E-state index contributed by atoms with van der Waals surface area (Å²) in [6.07, 6.45) is 0.0650. The van der Waals surface area contributed by atoms with Crippen LogP contribution in [0.5, 0.6) is 0 Å². The Balaban J connectivity index is 2.86. The Bertz CT molecular complexity index is 561. The average molecular weight is 328 g/mol. The lowest BCUT2D eigenvalue weighted by Crippen LogP contribution is -2.43. The fraction of sp³-hybridized carbons (Fsp3) is 0.400. The van der Waals surface area contributed by atoms with Crippen molar-refractivity contribution < 1.29 is 23.9 Å². The lowest BCUT2D eigenvalue weighted by atomic mass is 10.0. The maximum Gasteiger partial charge on any atom is 0.328 e. The van der Waals surface area contributed by atoms with Crippen LogP contribution in [-0.4, -0.2) is 38.1 Å². The smallest absolute Gasteiger partial charge is 0.328 e. The fourth-order valence-electron chi connectivity index (χ4n) is 1.89. The number of hydrogen-bond acceptors (Lipinski definition) is 5.